The van der Waals surface area contributed by atoms with Gasteiger partial charge in [0, 0.05) is 0 Å². The molecule has 1 aliphatic rings. The molecule has 0 bridgehead atoms. The summed E-state index contributed by atoms with van der Waals surface area (Å²) in [5.74, 6) is 0.819. The molecule has 100 valence electrons. The minimum absolute atomic E-state index is 0.263. The summed E-state index contributed by atoms with van der Waals surface area (Å²) in [5, 5.41) is 0. The first-order valence-electron chi connectivity index (χ1n) is 7.51. The fourth-order valence-electron chi connectivity index (χ4n) is 3.34. The molecule has 2 rings (SSSR count). The largest absolute Gasteiger partial charge is 0.0561 e. The van der Waals surface area contributed by atoms with Crippen LogP contribution in [0.1, 0.15) is 81.0 Å². The lowest BCUT2D eigenvalue weighted by molar-refractivity contribution is 0.442. The predicted octanol–water partition coefficient (Wildman–Crippen LogP) is 5.65. The van der Waals surface area contributed by atoms with Crippen molar-refractivity contribution in [1.82, 2.24) is 0 Å². The molecule has 1 fully saturated rings. The van der Waals surface area contributed by atoms with Gasteiger partial charge in [0.1, 0.15) is 0 Å². The third-order valence-corrected chi connectivity index (χ3v) is 4.57. The lowest BCUT2D eigenvalue weighted by Crippen LogP contribution is -2.15. The molecule has 1 saturated carbocycles. The Balaban J connectivity index is 2.40. The van der Waals surface area contributed by atoms with Crippen LogP contribution < -0.4 is 0 Å². The molecule has 0 aromatic heterocycles. The van der Waals surface area contributed by atoms with E-state index in [4.69, 9.17) is 0 Å². The second kappa shape index (κ2) is 5.07. The van der Waals surface area contributed by atoms with E-state index in [1.807, 2.05) is 0 Å². The topological polar surface area (TPSA) is 0 Å². The number of hydrogen-bond acceptors (Lipinski definition) is 0. The average Bonchev–Trinajstić information content (AvgIpc) is 2.32. The van der Waals surface area contributed by atoms with Gasteiger partial charge in [0.2, 0.25) is 0 Å². The summed E-state index contributed by atoms with van der Waals surface area (Å²) in [4.78, 5) is 0. The van der Waals surface area contributed by atoms with Crippen molar-refractivity contribution < 1.29 is 0 Å². The van der Waals surface area contributed by atoms with Gasteiger partial charge in [0.15, 0.2) is 0 Å². The highest BCUT2D eigenvalue weighted by Gasteiger charge is 2.21. The molecule has 1 aliphatic carbocycles. The van der Waals surface area contributed by atoms with Crippen LogP contribution in [0, 0.1) is 13.8 Å². The van der Waals surface area contributed by atoms with E-state index >= 15 is 0 Å². The van der Waals surface area contributed by atoms with Crippen LogP contribution in [0.2, 0.25) is 0 Å². The van der Waals surface area contributed by atoms with E-state index in [1.165, 1.54) is 43.2 Å². The van der Waals surface area contributed by atoms with Crippen molar-refractivity contribution in [1.29, 1.82) is 0 Å². The van der Waals surface area contributed by atoms with Crippen LogP contribution in [0.25, 0.3) is 0 Å². The van der Waals surface area contributed by atoms with E-state index in [0.717, 1.165) is 5.92 Å². The zero-order valence-corrected chi connectivity index (χ0v) is 12.8. The van der Waals surface area contributed by atoms with Crippen LogP contribution in [0.5, 0.6) is 0 Å². The highest BCUT2D eigenvalue weighted by Crippen LogP contribution is 2.36. The SMILES string of the molecule is Cc1cc(C2CCCCC2)cc(C(C)(C)C)c1C. The van der Waals surface area contributed by atoms with Crippen LogP contribution in [-0.4, -0.2) is 0 Å². The van der Waals surface area contributed by atoms with Gasteiger partial charge in [-0.1, -0.05) is 52.2 Å². The molecule has 0 heterocycles. The van der Waals surface area contributed by atoms with Crippen molar-refractivity contribution in [2.75, 3.05) is 0 Å². The second-order valence-corrected chi connectivity index (χ2v) is 7.10. The summed E-state index contributed by atoms with van der Waals surface area (Å²) in [6.07, 6.45) is 7.07. The maximum Gasteiger partial charge on any atom is -0.0129 e. The van der Waals surface area contributed by atoms with Crippen molar-refractivity contribution in [2.45, 2.75) is 78.1 Å². The van der Waals surface area contributed by atoms with Crippen molar-refractivity contribution in [3.8, 4) is 0 Å². The zero-order chi connectivity index (χ0) is 13.3. The molecule has 0 atom stereocenters. The lowest BCUT2D eigenvalue weighted by atomic mass is 9.77. The predicted molar refractivity (Wildman–Crippen MR) is 80.4 cm³/mol. The number of rotatable bonds is 1. The third-order valence-electron chi connectivity index (χ3n) is 4.57. The van der Waals surface area contributed by atoms with Crippen molar-refractivity contribution in [3.63, 3.8) is 0 Å². The van der Waals surface area contributed by atoms with Gasteiger partial charge in [-0.3, -0.25) is 0 Å². The molecule has 18 heavy (non-hydrogen) atoms. The van der Waals surface area contributed by atoms with E-state index in [1.54, 1.807) is 11.1 Å². The third kappa shape index (κ3) is 2.79. The van der Waals surface area contributed by atoms with Crippen LogP contribution in [-0.2, 0) is 5.41 Å². The summed E-state index contributed by atoms with van der Waals surface area (Å²) < 4.78 is 0. The molecule has 0 nitrogen and oxygen atoms in total. The number of benzene rings is 1. The summed E-state index contributed by atoms with van der Waals surface area (Å²) in [5.41, 5.74) is 6.37. The van der Waals surface area contributed by atoms with E-state index in [-0.39, 0.29) is 5.41 Å². The second-order valence-electron chi connectivity index (χ2n) is 7.10. The first-order valence-corrected chi connectivity index (χ1v) is 7.51. The standard InChI is InChI=1S/C18H28/c1-13-11-16(15-9-7-6-8-10-15)12-17(14(13)2)18(3,4)5/h11-12,15H,6-10H2,1-5H3. The van der Waals surface area contributed by atoms with Gasteiger partial charge in [-0.05, 0) is 60.3 Å². The van der Waals surface area contributed by atoms with Crippen molar-refractivity contribution in [2.24, 2.45) is 0 Å². The molecule has 1 aromatic carbocycles. The van der Waals surface area contributed by atoms with Crippen molar-refractivity contribution >= 4 is 0 Å². The Morgan fingerprint density at radius 1 is 0.944 bits per heavy atom. The molecule has 0 saturated heterocycles. The molecular formula is C18H28. The van der Waals surface area contributed by atoms with Gasteiger partial charge >= 0.3 is 0 Å². The molecule has 0 N–H and O–H groups in total. The summed E-state index contributed by atoms with van der Waals surface area (Å²) in [6.45, 7) is 11.6. The normalized spacial score (nSPS) is 18.1. The average molecular weight is 244 g/mol. The van der Waals surface area contributed by atoms with Gasteiger partial charge in [0.25, 0.3) is 0 Å². The molecule has 1 aromatic rings. The summed E-state index contributed by atoms with van der Waals surface area (Å²) >= 11 is 0. The van der Waals surface area contributed by atoms with E-state index in [0.29, 0.717) is 0 Å². The maximum atomic E-state index is 2.50. The molecule has 0 spiro atoms. The first-order chi connectivity index (χ1) is 8.39. The number of hydrogen-bond donors (Lipinski definition) is 0. The molecule has 0 amide bonds. The van der Waals surface area contributed by atoms with Gasteiger partial charge in [0.05, 0.1) is 0 Å². The zero-order valence-electron chi connectivity index (χ0n) is 12.8. The van der Waals surface area contributed by atoms with Crippen LogP contribution in [0.4, 0.5) is 0 Å². The van der Waals surface area contributed by atoms with Gasteiger partial charge < -0.3 is 0 Å². The fraction of sp³-hybridized carbons (Fsp3) is 0.667. The van der Waals surface area contributed by atoms with Crippen molar-refractivity contribution in [3.05, 3.63) is 34.4 Å². The highest BCUT2D eigenvalue weighted by molar-refractivity contribution is 5.42. The van der Waals surface area contributed by atoms with Crippen LogP contribution in [0.3, 0.4) is 0 Å². The molecular weight excluding hydrogens is 216 g/mol. The Morgan fingerprint density at radius 3 is 2.11 bits per heavy atom. The molecule has 0 radical (unpaired) electrons. The highest BCUT2D eigenvalue weighted by atomic mass is 14.3. The van der Waals surface area contributed by atoms with E-state index in [9.17, 15) is 0 Å². The Kier molecular flexibility index (Phi) is 3.84. The van der Waals surface area contributed by atoms with Gasteiger partial charge in [-0.15, -0.1) is 0 Å². The summed E-state index contributed by atoms with van der Waals surface area (Å²) in [6, 6.07) is 4.94. The van der Waals surface area contributed by atoms with E-state index < -0.39 is 0 Å². The Bertz CT molecular complexity index is 414. The Hall–Kier alpha value is -0.780. The molecule has 0 aliphatic heterocycles. The van der Waals surface area contributed by atoms with Crippen LogP contribution >= 0.6 is 0 Å². The number of aryl methyl sites for hydroxylation is 1. The minimum Gasteiger partial charge on any atom is -0.0561 e. The lowest BCUT2D eigenvalue weighted by Gasteiger charge is -2.28. The first kappa shape index (κ1) is 13.6. The molecule has 0 heteroatoms. The minimum atomic E-state index is 0.263. The fourth-order valence-corrected chi connectivity index (χ4v) is 3.34. The Morgan fingerprint density at radius 2 is 1.56 bits per heavy atom. The van der Waals surface area contributed by atoms with Gasteiger partial charge in [-0.25, -0.2) is 0 Å². The van der Waals surface area contributed by atoms with Gasteiger partial charge in [-0.2, -0.15) is 0 Å². The quantitative estimate of drug-likeness (QED) is 0.599. The molecule has 0 unspecified atom stereocenters. The maximum absolute atomic E-state index is 2.50. The summed E-state index contributed by atoms with van der Waals surface area (Å²) in [7, 11) is 0. The van der Waals surface area contributed by atoms with E-state index in [2.05, 4.69) is 46.8 Å². The monoisotopic (exact) mass is 244 g/mol. The smallest absolute Gasteiger partial charge is 0.0129 e. The van der Waals surface area contributed by atoms with Crippen LogP contribution in [0.15, 0.2) is 12.1 Å². The Labute approximate surface area is 113 Å².